The van der Waals surface area contributed by atoms with Crippen LogP contribution in [0.5, 0.6) is 0 Å². The van der Waals surface area contributed by atoms with Crippen molar-refractivity contribution in [2.75, 3.05) is 6.54 Å². The van der Waals surface area contributed by atoms with Crippen LogP contribution < -0.4 is 5.56 Å². The van der Waals surface area contributed by atoms with Crippen molar-refractivity contribution in [3.8, 4) is 5.69 Å². The van der Waals surface area contributed by atoms with Crippen LogP contribution in [0.15, 0.2) is 35.1 Å². The molecule has 0 atom stereocenters. The van der Waals surface area contributed by atoms with E-state index >= 15 is 0 Å². The van der Waals surface area contributed by atoms with Gasteiger partial charge in [0.1, 0.15) is 0 Å². The topological polar surface area (TPSA) is 85.9 Å². The third kappa shape index (κ3) is 3.03. The van der Waals surface area contributed by atoms with Gasteiger partial charge in [0.15, 0.2) is 5.69 Å². The molecular weight excluding hydrogens is 344 g/mol. The Morgan fingerprint density at radius 3 is 2.63 bits per heavy atom. The maximum atomic E-state index is 13.0. The first-order chi connectivity index (χ1) is 12.9. The second-order valence-electron chi connectivity index (χ2n) is 6.83. The maximum absolute atomic E-state index is 13.0. The van der Waals surface area contributed by atoms with Crippen LogP contribution in [-0.2, 0) is 20.0 Å². The van der Waals surface area contributed by atoms with Crippen molar-refractivity contribution in [2.45, 2.75) is 26.8 Å². The van der Waals surface area contributed by atoms with Crippen molar-refractivity contribution >= 4 is 5.91 Å². The first-order valence-electron chi connectivity index (χ1n) is 8.79. The van der Waals surface area contributed by atoms with Crippen molar-refractivity contribution < 1.29 is 4.79 Å². The van der Waals surface area contributed by atoms with E-state index in [4.69, 9.17) is 0 Å². The monoisotopic (exact) mass is 364 g/mol. The highest BCUT2D eigenvalue weighted by Gasteiger charge is 2.27. The lowest BCUT2D eigenvalue weighted by Gasteiger charge is -2.27. The minimum Gasteiger partial charge on any atom is -0.332 e. The van der Waals surface area contributed by atoms with Gasteiger partial charge in [0, 0.05) is 38.2 Å². The molecule has 3 heterocycles. The van der Waals surface area contributed by atoms with Crippen LogP contribution in [0.25, 0.3) is 5.69 Å². The van der Waals surface area contributed by atoms with E-state index in [2.05, 4.69) is 15.4 Å². The van der Waals surface area contributed by atoms with Gasteiger partial charge in [0.05, 0.1) is 17.1 Å². The van der Waals surface area contributed by atoms with Gasteiger partial charge >= 0.3 is 0 Å². The molecule has 1 aromatic carbocycles. The average Bonchev–Trinajstić information content (AvgIpc) is 3.04. The Bertz CT molecular complexity index is 1080. The van der Waals surface area contributed by atoms with Gasteiger partial charge in [-0.05, 0) is 26.0 Å². The standard InChI is InChI=1S/C19H20N6O2/c1-12-4-6-15(7-5-12)25-13(2)18(20-22-25)19(27)24-9-8-16-14(11-24)10-17(26)23(3)21-16/h4-7,10H,8-9,11H2,1-3H3. The van der Waals surface area contributed by atoms with Crippen molar-refractivity contribution in [1.29, 1.82) is 0 Å². The van der Waals surface area contributed by atoms with E-state index in [1.165, 1.54) is 4.68 Å². The lowest BCUT2D eigenvalue weighted by molar-refractivity contribution is 0.0726. The van der Waals surface area contributed by atoms with Crippen LogP contribution in [0, 0.1) is 13.8 Å². The smallest absolute Gasteiger partial charge is 0.276 e. The molecule has 3 aromatic rings. The fourth-order valence-electron chi connectivity index (χ4n) is 3.27. The zero-order chi connectivity index (χ0) is 19.1. The van der Waals surface area contributed by atoms with Crippen molar-refractivity contribution in [3.05, 3.63) is 68.9 Å². The lowest BCUT2D eigenvalue weighted by Crippen LogP contribution is -2.38. The van der Waals surface area contributed by atoms with Crippen LogP contribution in [0.2, 0.25) is 0 Å². The Morgan fingerprint density at radius 2 is 1.89 bits per heavy atom. The van der Waals surface area contributed by atoms with Gasteiger partial charge in [-0.15, -0.1) is 5.10 Å². The third-order valence-electron chi connectivity index (χ3n) is 4.90. The van der Waals surface area contributed by atoms with E-state index in [1.807, 2.05) is 38.1 Å². The highest BCUT2D eigenvalue weighted by molar-refractivity contribution is 5.93. The Hall–Kier alpha value is -3.29. The zero-order valence-electron chi connectivity index (χ0n) is 15.5. The molecule has 0 fully saturated rings. The molecule has 27 heavy (non-hydrogen) atoms. The predicted molar refractivity (Wildman–Crippen MR) is 98.8 cm³/mol. The van der Waals surface area contributed by atoms with Gasteiger partial charge in [0.2, 0.25) is 0 Å². The highest BCUT2D eigenvalue weighted by Crippen LogP contribution is 2.19. The minimum absolute atomic E-state index is 0.176. The molecule has 138 valence electrons. The summed E-state index contributed by atoms with van der Waals surface area (Å²) in [5.74, 6) is -0.183. The number of benzene rings is 1. The fourth-order valence-corrected chi connectivity index (χ4v) is 3.27. The molecule has 1 aliphatic heterocycles. The molecule has 0 bridgehead atoms. The molecule has 1 amide bonds. The van der Waals surface area contributed by atoms with Gasteiger partial charge in [-0.25, -0.2) is 9.36 Å². The molecule has 0 unspecified atom stereocenters. The van der Waals surface area contributed by atoms with Crippen LogP contribution in [0.4, 0.5) is 0 Å². The second kappa shape index (κ2) is 6.46. The number of fused-ring (bicyclic) bond motifs is 1. The molecule has 0 saturated heterocycles. The maximum Gasteiger partial charge on any atom is 0.276 e. The first-order valence-corrected chi connectivity index (χ1v) is 8.79. The molecule has 0 radical (unpaired) electrons. The van der Waals surface area contributed by atoms with E-state index in [0.717, 1.165) is 22.5 Å². The molecule has 0 aliphatic carbocycles. The Morgan fingerprint density at radius 1 is 1.15 bits per heavy atom. The molecule has 0 spiro atoms. The van der Waals surface area contributed by atoms with Gasteiger partial charge in [0.25, 0.3) is 11.5 Å². The molecule has 0 saturated carbocycles. The van der Waals surface area contributed by atoms with Gasteiger partial charge in [-0.3, -0.25) is 9.59 Å². The Balaban J connectivity index is 1.61. The summed E-state index contributed by atoms with van der Waals surface area (Å²) in [4.78, 5) is 26.5. The van der Waals surface area contributed by atoms with Crippen LogP contribution >= 0.6 is 0 Å². The first kappa shape index (κ1) is 17.1. The van der Waals surface area contributed by atoms with Gasteiger partial charge < -0.3 is 4.90 Å². The van der Waals surface area contributed by atoms with Crippen LogP contribution in [-0.4, -0.2) is 42.1 Å². The molecule has 1 aliphatic rings. The Kier molecular flexibility index (Phi) is 4.10. The lowest BCUT2D eigenvalue weighted by atomic mass is 10.1. The highest BCUT2D eigenvalue weighted by atomic mass is 16.2. The van der Waals surface area contributed by atoms with Gasteiger partial charge in [-0.2, -0.15) is 5.10 Å². The number of rotatable bonds is 2. The number of carbonyl (C=O) groups is 1. The third-order valence-corrected chi connectivity index (χ3v) is 4.90. The predicted octanol–water partition coefficient (Wildman–Crippen LogP) is 1.18. The van der Waals surface area contributed by atoms with Crippen molar-refractivity contribution in [1.82, 2.24) is 29.7 Å². The fraction of sp³-hybridized carbons (Fsp3) is 0.316. The SMILES string of the molecule is Cc1ccc(-n2nnc(C(=O)N3CCc4nn(C)c(=O)cc4C3)c2C)cc1. The number of aromatic nitrogens is 5. The van der Waals surface area contributed by atoms with E-state index < -0.39 is 0 Å². The zero-order valence-corrected chi connectivity index (χ0v) is 15.5. The van der Waals surface area contributed by atoms with E-state index in [1.54, 1.807) is 22.7 Å². The number of hydrogen-bond acceptors (Lipinski definition) is 5. The van der Waals surface area contributed by atoms with Gasteiger partial charge in [-0.1, -0.05) is 22.9 Å². The molecular formula is C19H20N6O2. The number of aryl methyl sites for hydroxylation is 2. The largest absolute Gasteiger partial charge is 0.332 e. The molecule has 8 nitrogen and oxygen atoms in total. The summed E-state index contributed by atoms with van der Waals surface area (Å²) in [6.07, 6.45) is 0.611. The van der Waals surface area contributed by atoms with E-state index in [-0.39, 0.29) is 11.5 Å². The number of amides is 1. The summed E-state index contributed by atoms with van der Waals surface area (Å²) in [5, 5.41) is 12.6. The molecule has 2 aromatic heterocycles. The summed E-state index contributed by atoms with van der Waals surface area (Å²) < 4.78 is 3.00. The normalized spacial score (nSPS) is 13.5. The quantitative estimate of drug-likeness (QED) is 0.681. The number of hydrogen-bond donors (Lipinski definition) is 0. The van der Waals surface area contributed by atoms with Crippen molar-refractivity contribution in [2.24, 2.45) is 7.05 Å². The average molecular weight is 364 g/mol. The number of nitrogens with zero attached hydrogens (tertiary/aromatic N) is 6. The summed E-state index contributed by atoms with van der Waals surface area (Å²) in [6.45, 7) is 4.74. The van der Waals surface area contributed by atoms with Crippen LogP contribution in [0.3, 0.4) is 0 Å². The van der Waals surface area contributed by atoms with E-state index in [9.17, 15) is 9.59 Å². The van der Waals surface area contributed by atoms with Crippen molar-refractivity contribution in [3.63, 3.8) is 0 Å². The second-order valence-corrected chi connectivity index (χ2v) is 6.83. The molecule has 0 N–H and O–H groups in total. The minimum atomic E-state index is -0.183. The molecule has 4 rings (SSSR count). The summed E-state index contributed by atoms with van der Waals surface area (Å²) >= 11 is 0. The number of carbonyl (C=O) groups excluding carboxylic acids is 1. The van der Waals surface area contributed by atoms with Crippen LogP contribution in [0.1, 0.15) is 33.0 Å². The summed E-state index contributed by atoms with van der Waals surface area (Å²) in [7, 11) is 1.63. The Labute approximate surface area is 156 Å². The van der Waals surface area contributed by atoms with E-state index in [0.29, 0.717) is 30.9 Å². The summed E-state index contributed by atoms with van der Waals surface area (Å²) in [5.41, 5.74) is 4.51. The summed E-state index contributed by atoms with van der Waals surface area (Å²) in [6, 6.07) is 9.44. The molecule has 8 heteroatoms.